The van der Waals surface area contributed by atoms with Crippen LogP contribution >= 0.6 is 0 Å². The van der Waals surface area contributed by atoms with E-state index in [2.05, 4.69) is 4.98 Å². The molecule has 2 rings (SSSR count). The second-order valence-corrected chi connectivity index (χ2v) is 4.33. The summed E-state index contributed by atoms with van der Waals surface area (Å²) in [5, 5.41) is 16.8. The lowest BCUT2D eigenvalue weighted by Gasteiger charge is -2.04. The van der Waals surface area contributed by atoms with Crippen molar-refractivity contribution < 1.29 is 9.90 Å². The van der Waals surface area contributed by atoms with Crippen molar-refractivity contribution in [1.82, 2.24) is 0 Å². The lowest BCUT2D eigenvalue weighted by Crippen LogP contribution is -2.06. The van der Waals surface area contributed by atoms with Crippen LogP contribution < -0.4 is 5.73 Å². The van der Waals surface area contributed by atoms with Gasteiger partial charge in [-0.1, -0.05) is 6.42 Å². The molecule has 1 saturated carbocycles. The lowest BCUT2D eigenvalue weighted by atomic mass is 9.96. The van der Waals surface area contributed by atoms with Gasteiger partial charge in [0.1, 0.15) is 4.98 Å². The third kappa shape index (κ3) is 4.83. The number of benzene rings is 1. The van der Waals surface area contributed by atoms with Crippen LogP contribution in [-0.4, -0.2) is 17.1 Å². The summed E-state index contributed by atoms with van der Waals surface area (Å²) in [5.74, 6) is -0.931. The Bertz CT molecular complexity index is 417. The number of nitrogen functional groups attached to an aromatic ring is 1. The van der Waals surface area contributed by atoms with Crippen molar-refractivity contribution in [1.29, 1.82) is 5.39 Å². The largest absolute Gasteiger partial charge is 0.478 e. The number of hydrogen-bond donors (Lipinski definition) is 2. The molecule has 1 aromatic rings. The number of carbonyl (C=O) groups is 1. The van der Waals surface area contributed by atoms with Gasteiger partial charge < -0.3 is 10.8 Å². The zero-order valence-corrected chi connectivity index (χ0v) is 10.2. The van der Waals surface area contributed by atoms with E-state index >= 15 is 0 Å². The van der Waals surface area contributed by atoms with Crippen molar-refractivity contribution >= 4 is 11.7 Å². The molecule has 1 aliphatic carbocycles. The van der Waals surface area contributed by atoms with E-state index in [9.17, 15) is 4.79 Å². The quantitative estimate of drug-likeness (QED) is 0.590. The van der Waals surface area contributed by atoms with Gasteiger partial charge in [-0.25, -0.2) is 4.79 Å². The van der Waals surface area contributed by atoms with Crippen LogP contribution in [0.4, 0.5) is 5.69 Å². The maximum atomic E-state index is 10.3. The van der Waals surface area contributed by atoms with Crippen molar-refractivity contribution in [2.24, 2.45) is 0 Å². The van der Waals surface area contributed by atoms with Crippen LogP contribution in [-0.2, 0) is 0 Å². The fourth-order valence-corrected chi connectivity index (χ4v) is 1.82. The molecular weight excluding hydrogens is 230 g/mol. The van der Waals surface area contributed by atoms with E-state index in [0.717, 1.165) is 12.8 Å². The van der Waals surface area contributed by atoms with Gasteiger partial charge in [0.2, 0.25) is 5.39 Å². The smallest absolute Gasteiger partial charge is 0.335 e. The van der Waals surface area contributed by atoms with Crippen LogP contribution in [0.5, 0.6) is 0 Å². The standard InChI is InChI=1S/C7H7NO2.C6H11N2/c8-6-3-1-5(2-4-6)7(9)10;7-8-6-4-2-1-3-5-6/h1-4H,8H2,(H,9,10);6H,1-5H2/q;+1. The molecular formula is C13H18N3O2+. The summed E-state index contributed by atoms with van der Waals surface area (Å²) in [6.07, 6.45) is 6.00. The van der Waals surface area contributed by atoms with Gasteiger partial charge in [0.05, 0.1) is 5.56 Å². The maximum Gasteiger partial charge on any atom is 0.335 e. The summed E-state index contributed by atoms with van der Waals surface area (Å²) in [6, 6.07) is 6.33. The van der Waals surface area contributed by atoms with Crippen molar-refractivity contribution in [2.75, 3.05) is 5.73 Å². The normalized spacial score (nSPS) is 15.1. The summed E-state index contributed by atoms with van der Waals surface area (Å²) in [6.45, 7) is 0. The first-order valence-electron chi connectivity index (χ1n) is 6.06. The van der Waals surface area contributed by atoms with E-state index in [1.807, 2.05) is 0 Å². The highest BCUT2D eigenvalue weighted by Crippen LogP contribution is 2.19. The number of carboxylic acids is 1. The zero-order valence-electron chi connectivity index (χ0n) is 10.2. The van der Waals surface area contributed by atoms with Gasteiger partial charge in [0.25, 0.3) is 0 Å². The molecule has 18 heavy (non-hydrogen) atoms. The number of hydrogen-bond acceptors (Lipinski definition) is 3. The first-order valence-corrected chi connectivity index (χ1v) is 6.06. The highest BCUT2D eigenvalue weighted by molar-refractivity contribution is 5.87. The second kappa shape index (κ2) is 7.28. The predicted octanol–water partition coefficient (Wildman–Crippen LogP) is 3.14. The average molecular weight is 248 g/mol. The molecule has 5 nitrogen and oxygen atoms in total. The molecule has 3 N–H and O–H groups in total. The van der Waals surface area contributed by atoms with Crippen LogP contribution in [0.2, 0.25) is 0 Å². The number of diazo groups is 1. The van der Waals surface area contributed by atoms with E-state index in [1.165, 1.54) is 31.4 Å². The van der Waals surface area contributed by atoms with Gasteiger partial charge in [-0.2, -0.15) is 0 Å². The van der Waals surface area contributed by atoms with Gasteiger partial charge in [0, 0.05) is 18.5 Å². The summed E-state index contributed by atoms with van der Waals surface area (Å²) < 4.78 is 0. The van der Waals surface area contributed by atoms with Gasteiger partial charge in [-0.05, 0) is 37.1 Å². The first kappa shape index (κ1) is 14.0. The summed E-state index contributed by atoms with van der Waals surface area (Å²) >= 11 is 0. The van der Waals surface area contributed by atoms with E-state index in [0.29, 0.717) is 5.69 Å². The molecule has 96 valence electrons. The van der Waals surface area contributed by atoms with Crippen LogP contribution in [0, 0.1) is 5.39 Å². The molecule has 0 saturated heterocycles. The lowest BCUT2D eigenvalue weighted by molar-refractivity contribution is 0.0697. The van der Waals surface area contributed by atoms with Crippen molar-refractivity contribution in [2.45, 2.75) is 38.1 Å². The minimum Gasteiger partial charge on any atom is -0.478 e. The van der Waals surface area contributed by atoms with Crippen molar-refractivity contribution in [3.8, 4) is 0 Å². The van der Waals surface area contributed by atoms with Crippen molar-refractivity contribution in [3.05, 3.63) is 34.8 Å². The Morgan fingerprint density at radius 1 is 1.22 bits per heavy atom. The number of carboxylic acid groups (broad SMARTS) is 1. The minimum atomic E-state index is -0.931. The van der Waals surface area contributed by atoms with Crippen molar-refractivity contribution in [3.63, 3.8) is 0 Å². The fourth-order valence-electron chi connectivity index (χ4n) is 1.82. The van der Waals surface area contributed by atoms with Gasteiger partial charge in [-0.15, -0.1) is 0 Å². The molecule has 0 bridgehead atoms. The van der Waals surface area contributed by atoms with Crippen LogP contribution in [0.3, 0.4) is 0 Å². The second-order valence-electron chi connectivity index (χ2n) is 4.33. The van der Waals surface area contributed by atoms with Crippen LogP contribution in [0.25, 0.3) is 4.98 Å². The Labute approximate surface area is 106 Å². The van der Waals surface area contributed by atoms with Crippen LogP contribution in [0.1, 0.15) is 42.5 Å². The topological polar surface area (TPSA) is 91.5 Å². The van der Waals surface area contributed by atoms with E-state index in [-0.39, 0.29) is 11.6 Å². The SMILES string of the molecule is N#[N+]C1CCCCC1.Nc1ccc(C(=O)O)cc1. The first-order chi connectivity index (χ1) is 8.63. The predicted molar refractivity (Wildman–Crippen MR) is 69.8 cm³/mol. The molecule has 1 fully saturated rings. The number of anilines is 1. The maximum absolute atomic E-state index is 10.3. The molecule has 1 aliphatic rings. The monoisotopic (exact) mass is 248 g/mol. The van der Waals surface area contributed by atoms with E-state index in [1.54, 1.807) is 12.1 Å². The Balaban J connectivity index is 0.000000184. The highest BCUT2D eigenvalue weighted by atomic mass is 16.4. The van der Waals surface area contributed by atoms with Gasteiger partial charge >= 0.3 is 12.0 Å². The molecule has 0 amide bonds. The third-order valence-electron chi connectivity index (χ3n) is 2.90. The van der Waals surface area contributed by atoms with E-state index < -0.39 is 5.97 Å². The Morgan fingerprint density at radius 3 is 2.17 bits per heavy atom. The highest BCUT2D eigenvalue weighted by Gasteiger charge is 2.22. The molecule has 0 atom stereocenters. The molecule has 5 heteroatoms. The minimum absolute atomic E-state index is 0.259. The summed E-state index contributed by atoms with van der Waals surface area (Å²) in [7, 11) is 0. The number of aromatic carboxylic acids is 1. The fraction of sp³-hybridized carbons (Fsp3) is 0.462. The van der Waals surface area contributed by atoms with Gasteiger partial charge in [-0.3, -0.25) is 0 Å². The molecule has 1 aromatic carbocycles. The Hall–Kier alpha value is -2.09. The number of nitrogens with zero attached hydrogens (tertiary/aromatic N) is 2. The Morgan fingerprint density at radius 2 is 1.78 bits per heavy atom. The Kier molecular flexibility index (Phi) is 5.65. The molecule has 0 spiro atoms. The number of nitrogens with two attached hydrogens (primary N) is 1. The van der Waals surface area contributed by atoms with Gasteiger partial charge in [0.15, 0.2) is 0 Å². The summed E-state index contributed by atoms with van der Waals surface area (Å²) in [4.78, 5) is 13.5. The van der Waals surface area contributed by atoms with Crippen LogP contribution in [0.15, 0.2) is 24.3 Å². The zero-order chi connectivity index (χ0) is 13.4. The average Bonchev–Trinajstić information content (AvgIpc) is 2.41. The number of rotatable bonds is 1. The molecule has 0 unspecified atom stereocenters. The molecule has 0 heterocycles. The third-order valence-corrected chi connectivity index (χ3v) is 2.90. The molecule has 0 aromatic heterocycles. The van der Waals surface area contributed by atoms with E-state index in [4.69, 9.17) is 16.2 Å². The molecule has 0 radical (unpaired) electrons. The summed E-state index contributed by atoms with van der Waals surface area (Å²) in [5.41, 5.74) is 6.17. The molecule has 0 aliphatic heterocycles.